The molecule has 1 amide bonds. The first-order chi connectivity index (χ1) is 7.02. The van der Waals surface area contributed by atoms with E-state index in [2.05, 4.69) is 0 Å². The van der Waals surface area contributed by atoms with Gasteiger partial charge in [-0.25, -0.2) is 0 Å². The van der Waals surface area contributed by atoms with Crippen LogP contribution < -0.4 is 5.73 Å². The van der Waals surface area contributed by atoms with Gasteiger partial charge in [0.1, 0.15) is 0 Å². The summed E-state index contributed by atoms with van der Waals surface area (Å²) in [6.45, 7) is 4.43. The first-order valence-electron chi connectivity index (χ1n) is 5.61. The Kier molecular flexibility index (Phi) is 4.51. The Balaban J connectivity index is 2.61. The van der Waals surface area contributed by atoms with Gasteiger partial charge in [-0.15, -0.1) is 0 Å². The Labute approximate surface area is 97.0 Å². The van der Waals surface area contributed by atoms with Crippen LogP contribution in [0, 0.1) is 5.92 Å². The van der Waals surface area contributed by atoms with Gasteiger partial charge in [0.15, 0.2) is 0 Å². The van der Waals surface area contributed by atoms with Crippen molar-refractivity contribution in [3.63, 3.8) is 0 Å². The highest BCUT2D eigenvalue weighted by Crippen LogP contribution is 2.27. The quantitative estimate of drug-likeness (QED) is 0.745. The molecular formula is C11H20N2OS. The monoisotopic (exact) mass is 228 g/mol. The van der Waals surface area contributed by atoms with Gasteiger partial charge in [0, 0.05) is 12.0 Å². The third kappa shape index (κ3) is 3.45. The zero-order chi connectivity index (χ0) is 11.4. The van der Waals surface area contributed by atoms with E-state index in [0.29, 0.717) is 11.5 Å². The summed E-state index contributed by atoms with van der Waals surface area (Å²) in [6.07, 6.45) is 4.41. The van der Waals surface area contributed by atoms with Crippen LogP contribution in [0.25, 0.3) is 0 Å². The number of amides is 1. The number of rotatable bonds is 4. The summed E-state index contributed by atoms with van der Waals surface area (Å²) in [4.78, 5) is 14.3. The fraction of sp³-hybridized carbons (Fsp3) is 0.818. The van der Waals surface area contributed by atoms with E-state index in [9.17, 15) is 4.79 Å². The van der Waals surface area contributed by atoms with Crippen molar-refractivity contribution in [1.29, 1.82) is 0 Å². The van der Waals surface area contributed by atoms with Crippen LogP contribution in [-0.2, 0) is 4.79 Å². The number of hydrogen-bond donors (Lipinski definition) is 1. The molecule has 0 bridgehead atoms. The van der Waals surface area contributed by atoms with Crippen molar-refractivity contribution in [3.8, 4) is 0 Å². The van der Waals surface area contributed by atoms with Crippen molar-refractivity contribution < 1.29 is 4.79 Å². The molecule has 1 aliphatic rings. The molecule has 0 aliphatic heterocycles. The van der Waals surface area contributed by atoms with Crippen LogP contribution >= 0.6 is 12.2 Å². The average molecular weight is 228 g/mol. The molecule has 0 atom stereocenters. The van der Waals surface area contributed by atoms with Gasteiger partial charge in [0.2, 0.25) is 5.91 Å². The normalized spacial score (nSPS) is 17.0. The fourth-order valence-electron chi connectivity index (χ4n) is 2.09. The van der Waals surface area contributed by atoms with Crippen LogP contribution in [-0.4, -0.2) is 28.4 Å². The summed E-state index contributed by atoms with van der Waals surface area (Å²) in [5, 5.41) is 0. The summed E-state index contributed by atoms with van der Waals surface area (Å²) in [6, 6.07) is 0.180. The lowest BCUT2D eigenvalue weighted by molar-refractivity contribution is -0.136. The first kappa shape index (κ1) is 12.4. The third-order valence-corrected chi connectivity index (χ3v) is 3.07. The summed E-state index contributed by atoms with van der Waals surface area (Å²) in [5.41, 5.74) is 5.51. The zero-order valence-electron chi connectivity index (χ0n) is 9.53. The van der Waals surface area contributed by atoms with Gasteiger partial charge in [-0.05, 0) is 26.7 Å². The van der Waals surface area contributed by atoms with E-state index in [-0.39, 0.29) is 17.9 Å². The zero-order valence-corrected chi connectivity index (χ0v) is 10.3. The second kappa shape index (κ2) is 5.45. The molecule has 2 N–H and O–H groups in total. The molecular weight excluding hydrogens is 208 g/mol. The van der Waals surface area contributed by atoms with Crippen LogP contribution in [0.1, 0.15) is 39.5 Å². The predicted molar refractivity (Wildman–Crippen MR) is 65.6 cm³/mol. The lowest BCUT2D eigenvalue weighted by atomic mass is 10.1. The smallest absolute Gasteiger partial charge is 0.226 e. The first-order valence-corrected chi connectivity index (χ1v) is 6.02. The number of hydrogen-bond acceptors (Lipinski definition) is 2. The van der Waals surface area contributed by atoms with Crippen LogP contribution in [0.5, 0.6) is 0 Å². The lowest BCUT2D eigenvalue weighted by Gasteiger charge is -2.28. The van der Waals surface area contributed by atoms with Crippen molar-refractivity contribution in [2.75, 3.05) is 6.54 Å². The van der Waals surface area contributed by atoms with Crippen LogP contribution in [0.4, 0.5) is 0 Å². The van der Waals surface area contributed by atoms with Gasteiger partial charge in [-0.1, -0.05) is 25.1 Å². The Morgan fingerprint density at radius 2 is 2.00 bits per heavy atom. The van der Waals surface area contributed by atoms with Gasteiger partial charge in [0.25, 0.3) is 0 Å². The third-order valence-electron chi connectivity index (χ3n) is 2.94. The minimum atomic E-state index is 0.180. The van der Waals surface area contributed by atoms with Crippen molar-refractivity contribution >= 4 is 23.1 Å². The molecule has 0 heterocycles. The molecule has 0 aromatic rings. The average Bonchev–Trinajstić information content (AvgIpc) is 2.65. The number of carbonyl (C=O) groups excluding carboxylic acids is 1. The summed E-state index contributed by atoms with van der Waals surface area (Å²) < 4.78 is 0. The molecule has 0 saturated heterocycles. The van der Waals surface area contributed by atoms with Crippen molar-refractivity contribution in [2.24, 2.45) is 11.7 Å². The van der Waals surface area contributed by atoms with Crippen molar-refractivity contribution in [1.82, 2.24) is 4.90 Å². The minimum Gasteiger partial charge on any atom is -0.392 e. The van der Waals surface area contributed by atoms with E-state index < -0.39 is 0 Å². The molecule has 1 fully saturated rings. The molecule has 0 aromatic heterocycles. The largest absolute Gasteiger partial charge is 0.392 e. The Hall–Kier alpha value is -0.640. The maximum Gasteiger partial charge on any atom is 0.226 e. The number of thiocarbonyl (C=S) groups is 1. The Morgan fingerprint density at radius 1 is 1.47 bits per heavy atom. The van der Waals surface area contributed by atoms with Crippen LogP contribution in [0.15, 0.2) is 0 Å². The molecule has 86 valence electrons. The highest BCUT2D eigenvalue weighted by molar-refractivity contribution is 7.80. The van der Waals surface area contributed by atoms with Gasteiger partial charge in [-0.3, -0.25) is 4.79 Å². The molecule has 1 saturated carbocycles. The summed E-state index contributed by atoms with van der Waals surface area (Å²) >= 11 is 4.87. The summed E-state index contributed by atoms with van der Waals surface area (Å²) in [7, 11) is 0. The van der Waals surface area contributed by atoms with Gasteiger partial charge in [-0.2, -0.15) is 0 Å². The maximum absolute atomic E-state index is 12.1. The highest BCUT2D eigenvalue weighted by Gasteiger charge is 2.28. The molecule has 1 aliphatic carbocycles. The topological polar surface area (TPSA) is 46.3 Å². The molecule has 0 radical (unpaired) electrons. The predicted octanol–water partition coefficient (Wildman–Crippen LogP) is 1.70. The van der Waals surface area contributed by atoms with Crippen molar-refractivity contribution in [2.45, 2.75) is 45.6 Å². The second-order valence-electron chi connectivity index (χ2n) is 4.51. The Morgan fingerprint density at radius 3 is 2.40 bits per heavy atom. The maximum atomic E-state index is 12.1. The van der Waals surface area contributed by atoms with E-state index in [1.165, 1.54) is 12.8 Å². The second-order valence-corrected chi connectivity index (χ2v) is 5.03. The highest BCUT2D eigenvalue weighted by atomic mass is 32.1. The fourth-order valence-corrected chi connectivity index (χ4v) is 2.23. The number of nitrogens with zero attached hydrogens (tertiary/aromatic N) is 1. The van der Waals surface area contributed by atoms with E-state index in [0.717, 1.165) is 12.8 Å². The minimum absolute atomic E-state index is 0.180. The van der Waals surface area contributed by atoms with Gasteiger partial charge in [0.05, 0.1) is 11.5 Å². The summed E-state index contributed by atoms with van der Waals surface area (Å²) in [5.74, 6) is 0.442. The molecule has 0 spiro atoms. The molecule has 0 aromatic carbocycles. The van der Waals surface area contributed by atoms with Crippen molar-refractivity contribution in [3.05, 3.63) is 0 Å². The van der Waals surface area contributed by atoms with E-state index in [4.69, 9.17) is 18.0 Å². The van der Waals surface area contributed by atoms with E-state index in [1.807, 2.05) is 13.8 Å². The molecule has 15 heavy (non-hydrogen) atoms. The molecule has 4 heteroatoms. The van der Waals surface area contributed by atoms with E-state index >= 15 is 0 Å². The molecule has 0 unspecified atom stereocenters. The lowest BCUT2D eigenvalue weighted by Crippen LogP contribution is -2.44. The molecule has 3 nitrogen and oxygen atoms in total. The SMILES string of the molecule is CC(C)N(CC(N)=S)C(=O)C1CCCC1. The standard InChI is InChI=1S/C11H20N2OS/c1-8(2)13(7-10(12)15)11(14)9-5-3-4-6-9/h8-9H,3-7H2,1-2H3,(H2,12,15). The number of nitrogens with two attached hydrogens (primary N) is 1. The Bertz CT molecular complexity index is 247. The molecule has 1 rings (SSSR count). The van der Waals surface area contributed by atoms with Crippen LogP contribution in [0.2, 0.25) is 0 Å². The van der Waals surface area contributed by atoms with Crippen LogP contribution in [0.3, 0.4) is 0 Å². The van der Waals surface area contributed by atoms with Gasteiger partial charge >= 0.3 is 0 Å². The van der Waals surface area contributed by atoms with Gasteiger partial charge < -0.3 is 10.6 Å². The van der Waals surface area contributed by atoms with E-state index in [1.54, 1.807) is 4.90 Å². The number of carbonyl (C=O) groups is 1.